The molecule has 4 nitrogen and oxygen atoms in total. The van der Waals surface area contributed by atoms with E-state index in [1.165, 1.54) is 0 Å². The third kappa shape index (κ3) is 2.43. The summed E-state index contributed by atoms with van der Waals surface area (Å²) in [6, 6.07) is 0. The topological polar surface area (TPSA) is 80.4 Å². The second kappa shape index (κ2) is 3.14. The standard InChI is InChI=1S/C4H6FNO.CH2O2/c5-4(1-2-4)3(6)7;2-1-3/h1-2H2,(H2,6,7);1H,(H,2,3). The minimum atomic E-state index is -1.61. The number of carboxylic acid groups (broad SMARTS) is 1. The zero-order chi connectivity index (χ0) is 8.20. The summed E-state index contributed by atoms with van der Waals surface area (Å²) < 4.78 is 12.1. The number of carbonyl (C=O) groups is 2. The fourth-order valence-corrected chi connectivity index (χ4v) is 0.356. The molecular weight excluding hydrogens is 141 g/mol. The molecule has 10 heavy (non-hydrogen) atoms. The van der Waals surface area contributed by atoms with Gasteiger partial charge in [0.2, 0.25) is 0 Å². The van der Waals surface area contributed by atoms with Crippen LogP contribution < -0.4 is 5.73 Å². The van der Waals surface area contributed by atoms with Gasteiger partial charge < -0.3 is 10.8 Å². The lowest BCUT2D eigenvalue weighted by Gasteiger charge is -1.91. The van der Waals surface area contributed by atoms with Crippen molar-refractivity contribution in [2.75, 3.05) is 0 Å². The van der Waals surface area contributed by atoms with Crippen molar-refractivity contribution in [1.82, 2.24) is 0 Å². The number of carbonyl (C=O) groups excluding carboxylic acids is 1. The molecular formula is C5H8FNO3. The molecule has 0 radical (unpaired) electrons. The van der Waals surface area contributed by atoms with Crippen LogP contribution in [0.4, 0.5) is 4.39 Å². The van der Waals surface area contributed by atoms with Gasteiger partial charge in [-0.05, 0) is 12.8 Å². The van der Waals surface area contributed by atoms with Gasteiger partial charge in [0.15, 0.2) is 5.67 Å². The third-order valence-corrected chi connectivity index (χ3v) is 1.13. The summed E-state index contributed by atoms with van der Waals surface area (Å²) >= 11 is 0. The van der Waals surface area contributed by atoms with Crippen molar-refractivity contribution in [2.45, 2.75) is 18.5 Å². The Morgan fingerprint density at radius 2 is 2.00 bits per heavy atom. The lowest BCUT2D eigenvalue weighted by Crippen LogP contribution is -2.25. The highest BCUT2D eigenvalue weighted by Gasteiger charge is 2.49. The molecule has 0 aromatic heterocycles. The van der Waals surface area contributed by atoms with Crippen molar-refractivity contribution in [3.05, 3.63) is 0 Å². The van der Waals surface area contributed by atoms with Crippen LogP contribution in [0.1, 0.15) is 12.8 Å². The van der Waals surface area contributed by atoms with Gasteiger partial charge in [0.1, 0.15) is 0 Å². The molecule has 0 aromatic carbocycles. The predicted octanol–water partition coefficient (Wildman–Crippen LogP) is -0.325. The molecule has 5 heteroatoms. The van der Waals surface area contributed by atoms with Crippen LogP contribution in [0.15, 0.2) is 0 Å². The van der Waals surface area contributed by atoms with Gasteiger partial charge in [0.05, 0.1) is 0 Å². The summed E-state index contributed by atoms with van der Waals surface area (Å²) in [5.74, 6) is -0.812. The van der Waals surface area contributed by atoms with E-state index < -0.39 is 11.6 Å². The van der Waals surface area contributed by atoms with Crippen LogP contribution in [0.5, 0.6) is 0 Å². The fourth-order valence-electron chi connectivity index (χ4n) is 0.356. The Morgan fingerprint density at radius 3 is 2.00 bits per heavy atom. The molecule has 1 rings (SSSR count). The Bertz CT molecular complexity index is 144. The Kier molecular flexibility index (Phi) is 2.79. The normalized spacial score (nSPS) is 18.1. The van der Waals surface area contributed by atoms with Crippen LogP contribution in [0.3, 0.4) is 0 Å². The monoisotopic (exact) mass is 149 g/mol. The van der Waals surface area contributed by atoms with Crippen LogP contribution in [-0.2, 0) is 9.59 Å². The van der Waals surface area contributed by atoms with Gasteiger partial charge >= 0.3 is 0 Å². The van der Waals surface area contributed by atoms with E-state index >= 15 is 0 Å². The van der Waals surface area contributed by atoms with Crippen LogP contribution in [0.25, 0.3) is 0 Å². The summed E-state index contributed by atoms with van der Waals surface area (Å²) in [6.45, 7) is -0.250. The SMILES string of the molecule is NC(=O)C1(F)CC1.O=CO. The average molecular weight is 149 g/mol. The van der Waals surface area contributed by atoms with Crippen molar-refractivity contribution in [3.63, 3.8) is 0 Å². The molecule has 0 saturated heterocycles. The molecule has 0 atom stereocenters. The summed E-state index contributed by atoms with van der Waals surface area (Å²) in [4.78, 5) is 18.3. The Morgan fingerprint density at radius 1 is 1.70 bits per heavy atom. The number of nitrogens with two attached hydrogens (primary N) is 1. The second-order valence-corrected chi connectivity index (χ2v) is 1.93. The molecule has 0 aromatic rings. The van der Waals surface area contributed by atoms with E-state index in [4.69, 9.17) is 9.90 Å². The van der Waals surface area contributed by atoms with Gasteiger partial charge in [0.25, 0.3) is 12.4 Å². The van der Waals surface area contributed by atoms with Crippen molar-refractivity contribution in [1.29, 1.82) is 0 Å². The van der Waals surface area contributed by atoms with Gasteiger partial charge in [-0.1, -0.05) is 0 Å². The van der Waals surface area contributed by atoms with Gasteiger partial charge in [-0.25, -0.2) is 4.39 Å². The first-order valence-corrected chi connectivity index (χ1v) is 2.63. The highest BCUT2D eigenvalue weighted by Crippen LogP contribution is 2.38. The van der Waals surface area contributed by atoms with Crippen molar-refractivity contribution in [3.8, 4) is 0 Å². The van der Waals surface area contributed by atoms with Gasteiger partial charge in [-0.15, -0.1) is 0 Å². The largest absolute Gasteiger partial charge is 0.483 e. The molecule has 0 spiro atoms. The first-order valence-electron chi connectivity index (χ1n) is 2.63. The maximum atomic E-state index is 12.1. The van der Waals surface area contributed by atoms with Crippen LogP contribution >= 0.6 is 0 Å². The summed E-state index contributed by atoms with van der Waals surface area (Å²) in [6.07, 6.45) is 0.644. The van der Waals surface area contributed by atoms with E-state index in [0.29, 0.717) is 12.8 Å². The molecule has 1 saturated carbocycles. The molecule has 3 N–H and O–H groups in total. The number of alkyl halides is 1. The third-order valence-electron chi connectivity index (χ3n) is 1.13. The Labute approximate surface area is 56.8 Å². The second-order valence-electron chi connectivity index (χ2n) is 1.93. The van der Waals surface area contributed by atoms with E-state index in [1.807, 2.05) is 0 Å². The van der Waals surface area contributed by atoms with Gasteiger partial charge in [-0.2, -0.15) is 0 Å². The van der Waals surface area contributed by atoms with Crippen LogP contribution in [0, 0.1) is 0 Å². The van der Waals surface area contributed by atoms with Crippen molar-refractivity contribution >= 4 is 12.4 Å². The molecule has 0 aliphatic heterocycles. The molecule has 1 fully saturated rings. The maximum Gasteiger partial charge on any atom is 0.290 e. The van der Waals surface area contributed by atoms with E-state index in [1.54, 1.807) is 0 Å². The molecule has 0 unspecified atom stereocenters. The fraction of sp³-hybridized carbons (Fsp3) is 0.600. The lowest BCUT2D eigenvalue weighted by atomic mass is 10.4. The zero-order valence-electron chi connectivity index (χ0n) is 5.21. The Balaban J connectivity index is 0.000000236. The molecule has 1 amide bonds. The molecule has 1 aliphatic carbocycles. The minimum Gasteiger partial charge on any atom is -0.483 e. The Hall–Kier alpha value is -1.13. The maximum absolute atomic E-state index is 12.1. The van der Waals surface area contributed by atoms with E-state index in [2.05, 4.69) is 5.73 Å². The number of rotatable bonds is 1. The first-order chi connectivity index (χ1) is 4.56. The predicted molar refractivity (Wildman–Crippen MR) is 31.0 cm³/mol. The number of amides is 1. The molecule has 1 aliphatic rings. The first kappa shape index (κ1) is 8.87. The zero-order valence-corrected chi connectivity index (χ0v) is 5.21. The van der Waals surface area contributed by atoms with E-state index in [9.17, 15) is 9.18 Å². The van der Waals surface area contributed by atoms with Crippen LogP contribution in [0.2, 0.25) is 0 Å². The number of hydrogen-bond donors (Lipinski definition) is 2. The highest BCUT2D eigenvalue weighted by molar-refractivity contribution is 5.86. The number of primary amides is 1. The van der Waals surface area contributed by atoms with E-state index in [-0.39, 0.29) is 6.47 Å². The smallest absolute Gasteiger partial charge is 0.290 e. The van der Waals surface area contributed by atoms with Gasteiger partial charge in [0, 0.05) is 0 Å². The van der Waals surface area contributed by atoms with Gasteiger partial charge in [-0.3, -0.25) is 9.59 Å². The van der Waals surface area contributed by atoms with E-state index in [0.717, 1.165) is 0 Å². The number of halogens is 1. The summed E-state index contributed by atoms with van der Waals surface area (Å²) in [7, 11) is 0. The minimum absolute atomic E-state index is 0.250. The average Bonchev–Trinajstić information content (AvgIpc) is 2.51. The van der Waals surface area contributed by atoms with Crippen LogP contribution in [-0.4, -0.2) is 23.2 Å². The summed E-state index contributed by atoms with van der Waals surface area (Å²) in [5, 5.41) is 6.89. The molecule has 58 valence electrons. The number of hydrogen-bond acceptors (Lipinski definition) is 2. The quantitative estimate of drug-likeness (QED) is 0.501. The van der Waals surface area contributed by atoms with Crippen molar-refractivity contribution < 1.29 is 19.1 Å². The summed E-state index contributed by atoms with van der Waals surface area (Å²) in [5.41, 5.74) is 3.01. The highest BCUT2D eigenvalue weighted by atomic mass is 19.1. The van der Waals surface area contributed by atoms with Crippen molar-refractivity contribution in [2.24, 2.45) is 5.73 Å². The molecule has 0 bridgehead atoms. The lowest BCUT2D eigenvalue weighted by molar-refractivity contribution is -0.124. The molecule has 0 heterocycles.